The lowest BCUT2D eigenvalue weighted by Crippen LogP contribution is -2.53. The van der Waals surface area contributed by atoms with Gasteiger partial charge >= 0.3 is 0 Å². The lowest BCUT2D eigenvalue weighted by atomic mass is 9.86. The van der Waals surface area contributed by atoms with Gasteiger partial charge in [0.25, 0.3) is 0 Å². The van der Waals surface area contributed by atoms with E-state index in [0.717, 1.165) is 33.6 Å². The first-order valence-electron chi connectivity index (χ1n) is 10.0. The molecule has 0 aliphatic heterocycles. The number of benzene rings is 3. The van der Waals surface area contributed by atoms with Crippen LogP contribution < -0.4 is 32.7 Å². The van der Waals surface area contributed by atoms with Crippen LogP contribution in [0.4, 0.5) is 11.4 Å². The molecule has 0 aliphatic rings. The third kappa shape index (κ3) is 3.66. The zero-order valence-electron chi connectivity index (χ0n) is 18.1. The average molecular weight is 405 g/mol. The largest absolute Gasteiger partial charge is 0.399 e. The van der Waals surface area contributed by atoms with E-state index in [1.54, 1.807) is 0 Å². The summed E-state index contributed by atoms with van der Waals surface area (Å²) >= 11 is 0. The molecule has 6 nitrogen and oxygen atoms in total. The van der Waals surface area contributed by atoms with Gasteiger partial charge in [0, 0.05) is 11.4 Å². The Morgan fingerprint density at radius 3 is 0.833 bits per heavy atom. The van der Waals surface area contributed by atoms with E-state index in [2.05, 4.69) is 45.5 Å². The van der Waals surface area contributed by atoms with E-state index in [4.69, 9.17) is 11.5 Å². The van der Waals surface area contributed by atoms with Crippen molar-refractivity contribution in [3.8, 4) is 0 Å². The molecule has 0 amide bonds. The Kier molecular flexibility index (Phi) is 6.43. The van der Waals surface area contributed by atoms with Crippen LogP contribution in [0.2, 0.25) is 0 Å². The van der Waals surface area contributed by atoms with Gasteiger partial charge in [0.15, 0.2) is 0 Å². The van der Waals surface area contributed by atoms with Crippen LogP contribution in [0.25, 0.3) is 0 Å². The molecule has 3 rings (SSSR count). The molecule has 0 fully saturated rings. The molecule has 0 saturated heterocycles. The Hall–Kier alpha value is -2.90. The molecule has 8 N–H and O–H groups in total. The molecule has 158 valence electrons. The third-order valence-corrected chi connectivity index (χ3v) is 5.94. The molecule has 3 aromatic rings. The Morgan fingerprint density at radius 2 is 0.633 bits per heavy atom. The molecule has 0 aromatic heterocycles. The molecule has 0 spiro atoms. The molecule has 0 atom stereocenters. The molecular formula is C24H32N6. The van der Waals surface area contributed by atoms with Gasteiger partial charge in [-0.15, -0.1) is 0 Å². The maximum Gasteiger partial charge on any atom is 0.121 e. The number of nitrogens with one attached hydrogen (secondary N) is 4. The normalized spacial score (nSPS) is 12.1. The van der Waals surface area contributed by atoms with Crippen molar-refractivity contribution in [3.05, 3.63) is 95.1 Å². The summed E-state index contributed by atoms with van der Waals surface area (Å²) in [6.45, 7) is 0. The minimum atomic E-state index is -0.532. The van der Waals surface area contributed by atoms with Crippen molar-refractivity contribution in [2.45, 2.75) is 11.3 Å². The van der Waals surface area contributed by atoms with Crippen LogP contribution in [0, 0.1) is 0 Å². The van der Waals surface area contributed by atoms with E-state index in [0.29, 0.717) is 0 Å². The van der Waals surface area contributed by atoms with Crippen molar-refractivity contribution in [1.82, 2.24) is 21.3 Å². The second-order valence-corrected chi connectivity index (χ2v) is 7.32. The number of anilines is 2. The van der Waals surface area contributed by atoms with Gasteiger partial charge in [0.2, 0.25) is 0 Å². The van der Waals surface area contributed by atoms with Gasteiger partial charge in [-0.25, -0.2) is 0 Å². The smallest absolute Gasteiger partial charge is 0.121 e. The van der Waals surface area contributed by atoms with Crippen LogP contribution in [0.3, 0.4) is 0 Å². The average Bonchev–Trinajstić information content (AvgIpc) is 2.79. The van der Waals surface area contributed by atoms with E-state index in [9.17, 15) is 0 Å². The first-order valence-corrected chi connectivity index (χ1v) is 10.0. The molecule has 0 heterocycles. The fourth-order valence-corrected chi connectivity index (χ4v) is 4.17. The number of hydrogen-bond donors (Lipinski definition) is 6. The Balaban J connectivity index is 2.06. The summed E-state index contributed by atoms with van der Waals surface area (Å²) in [6, 6.07) is 24.4. The lowest BCUT2D eigenvalue weighted by Gasteiger charge is -2.37. The van der Waals surface area contributed by atoms with Crippen molar-refractivity contribution in [1.29, 1.82) is 0 Å². The summed E-state index contributed by atoms with van der Waals surface area (Å²) in [5.74, 6) is 0. The number of nitrogen functional groups attached to an aromatic ring is 2. The second-order valence-electron chi connectivity index (χ2n) is 7.32. The summed E-state index contributed by atoms with van der Waals surface area (Å²) < 4.78 is 0. The van der Waals surface area contributed by atoms with E-state index < -0.39 is 11.3 Å². The summed E-state index contributed by atoms with van der Waals surface area (Å²) in [5, 5.41) is 13.8. The number of rotatable bonds is 8. The van der Waals surface area contributed by atoms with Gasteiger partial charge in [-0.05, 0) is 74.7 Å². The van der Waals surface area contributed by atoms with Gasteiger partial charge in [-0.3, -0.25) is 21.3 Å². The predicted molar refractivity (Wildman–Crippen MR) is 126 cm³/mol. The summed E-state index contributed by atoms with van der Waals surface area (Å²) in [4.78, 5) is 0. The SMILES string of the molecule is CNC(NC)(c1ccc(N)cc1)c1ccc(C(NC)(NC)c2ccc(N)cc2)cc1. The van der Waals surface area contributed by atoms with Crippen LogP contribution in [0.15, 0.2) is 72.8 Å². The Bertz CT molecular complexity index is 860. The molecule has 0 radical (unpaired) electrons. The molecule has 6 heteroatoms. The van der Waals surface area contributed by atoms with Crippen molar-refractivity contribution >= 4 is 11.4 Å². The fourth-order valence-electron chi connectivity index (χ4n) is 4.17. The number of hydrogen-bond acceptors (Lipinski definition) is 6. The standard InChI is InChI=1S/C24H32N6/c1-27-23(28-2,19-9-13-21(25)14-10-19)17-5-7-18(8-6-17)24(29-3,30-4)20-11-15-22(26)16-12-20/h5-16,27-30H,25-26H2,1-4H3. The van der Waals surface area contributed by atoms with Crippen LogP contribution in [0.1, 0.15) is 22.3 Å². The maximum atomic E-state index is 5.89. The maximum absolute atomic E-state index is 5.89. The van der Waals surface area contributed by atoms with Crippen molar-refractivity contribution in [3.63, 3.8) is 0 Å². The predicted octanol–water partition coefficient (Wildman–Crippen LogP) is 2.13. The van der Waals surface area contributed by atoms with Crippen molar-refractivity contribution in [2.75, 3.05) is 39.7 Å². The van der Waals surface area contributed by atoms with Crippen LogP contribution in [-0.4, -0.2) is 28.2 Å². The molecule has 0 saturated carbocycles. The zero-order chi connectivity index (χ0) is 21.8. The highest BCUT2D eigenvalue weighted by Gasteiger charge is 2.34. The zero-order valence-corrected chi connectivity index (χ0v) is 18.1. The Labute approximate surface area is 179 Å². The molecule has 0 unspecified atom stereocenters. The quantitative estimate of drug-likeness (QED) is 0.254. The van der Waals surface area contributed by atoms with E-state index in [1.807, 2.05) is 76.7 Å². The minimum Gasteiger partial charge on any atom is -0.399 e. The van der Waals surface area contributed by atoms with Crippen LogP contribution in [0.5, 0.6) is 0 Å². The molecule has 0 bridgehead atoms. The first kappa shape index (κ1) is 21.8. The fraction of sp³-hybridized carbons (Fsp3) is 0.250. The molecular weight excluding hydrogens is 372 g/mol. The first-order chi connectivity index (χ1) is 14.5. The summed E-state index contributed by atoms with van der Waals surface area (Å²) in [7, 11) is 7.78. The van der Waals surface area contributed by atoms with Gasteiger partial charge in [-0.1, -0.05) is 48.5 Å². The van der Waals surface area contributed by atoms with Crippen molar-refractivity contribution < 1.29 is 0 Å². The Morgan fingerprint density at radius 1 is 0.433 bits per heavy atom. The lowest BCUT2D eigenvalue weighted by molar-refractivity contribution is 0.366. The van der Waals surface area contributed by atoms with Gasteiger partial charge in [0.05, 0.1) is 0 Å². The van der Waals surface area contributed by atoms with E-state index in [1.165, 1.54) is 0 Å². The summed E-state index contributed by atoms with van der Waals surface area (Å²) in [5.41, 5.74) is 16.6. The van der Waals surface area contributed by atoms with Gasteiger partial charge in [0.1, 0.15) is 11.3 Å². The minimum absolute atomic E-state index is 0.532. The van der Waals surface area contributed by atoms with Crippen LogP contribution >= 0.6 is 0 Å². The van der Waals surface area contributed by atoms with E-state index >= 15 is 0 Å². The third-order valence-electron chi connectivity index (χ3n) is 5.94. The summed E-state index contributed by atoms with van der Waals surface area (Å²) in [6.07, 6.45) is 0. The highest BCUT2D eigenvalue weighted by atomic mass is 15.2. The highest BCUT2D eigenvalue weighted by Crippen LogP contribution is 2.31. The molecule has 30 heavy (non-hydrogen) atoms. The van der Waals surface area contributed by atoms with Crippen molar-refractivity contribution in [2.24, 2.45) is 0 Å². The van der Waals surface area contributed by atoms with E-state index in [-0.39, 0.29) is 0 Å². The molecule has 0 aliphatic carbocycles. The van der Waals surface area contributed by atoms with Crippen LogP contribution in [-0.2, 0) is 11.3 Å². The molecule has 3 aromatic carbocycles. The van der Waals surface area contributed by atoms with Gasteiger partial charge < -0.3 is 11.5 Å². The second kappa shape index (κ2) is 8.85. The highest BCUT2D eigenvalue weighted by molar-refractivity contribution is 5.48. The van der Waals surface area contributed by atoms with Gasteiger partial charge in [-0.2, -0.15) is 0 Å². The topological polar surface area (TPSA) is 100 Å². The monoisotopic (exact) mass is 404 g/mol. The number of nitrogens with two attached hydrogens (primary N) is 2.